The summed E-state index contributed by atoms with van der Waals surface area (Å²) in [7, 11) is -3.81. The van der Waals surface area contributed by atoms with Crippen molar-refractivity contribution in [2.24, 2.45) is 5.92 Å². The van der Waals surface area contributed by atoms with Gasteiger partial charge in [0, 0.05) is 23.4 Å². The van der Waals surface area contributed by atoms with Gasteiger partial charge in [0.05, 0.1) is 0 Å². The number of nitrogens with zero attached hydrogens (tertiary/aromatic N) is 2. The van der Waals surface area contributed by atoms with Crippen LogP contribution in [0.4, 0.5) is 0 Å². The Kier molecular flexibility index (Phi) is 4.22. The standard InChI is InChI=1S/C11H13BrN2O4S/c12-9-3-10(5-13-4-9)19(17,18)14(7-11(15)16)6-8-1-2-8/h3-5,8H,1-2,6-7H2,(H,15,16). The first-order valence-electron chi connectivity index (χ1n) is 5.72. The van der Waals surface area contributed by atoms with Crippen molar-refractivity contribution in [1.82, 2.24) is 9.29 Å². The van der Waals surface area contributed by atoms with Gasteiger partial charge in [-0.25, -0.2) is 8.42 Å². The van der Waals surface area contributed by atoms with Crippen molar-refractivity contribution in [3.63, 3.8) is 0 Å². The third kappa shape index (κ3) is 3.74. The Morgan fingerprint density at radius 1 is 1.47 bits per heavy atom. The van der Waals surface area contributed by atoms with Gasteiger partial charge in [-0.1, -0.05) is 0 Å². The van der Waals surface area contributed by atoms with Crippen LogP contribution in [0.3, 0.4) is 0 Å². The van der Waals surface area contributed by atoms with E-state index in [2.05, 4.69) is 20.9 Å². The number of carboxylic acid groups (broad SMARTS) is 1. The van der Waals surface area contributed by atoms with Gasteiger partial charge in [-0.05, 0) is 40.8 Å². The van der Waals surface area contributed by atoms with Crippen molar-refractivity contribution in [3.05, 3.63) is 22.9 Å². The number of halogens is 1. The number of sulfonamides is 1. The molecule has 0 amide bonds. The summed E-state index contributed by atoms with van der Waals surface area (Å²) in [6.07, 6.45) is 4.59. The predicted molar refractivity (Wildman–Crippen MR) is 71.1 cm³/mol. The largest absolute Gasteiger partial charge is 0.480 e. The van der Waals surface area contributed by atoms with Crippen LogP contribution in [0, 0.1) is 5.92 Å². The van der Waals surface area contributed by atoms with Crippen LogP contribution in [-0.4, -0.2) is 41.9 Å². The SMILES string of the molecule is O=C(O)CN(CC1CC1)S(=O)(=O)c1cncc(Br)c1. The molecule has 6 nitrogen and oxygen atoms in total. The van der Waals surface area contributed by atoms with E-state index in [1.807, 2.05) is 0 Å². The Bertz CT molecular complexity index is 586. The maximum Gasteiger partial charge on any atom is 0.318 e. The van der Waals surface area contributed by atoms with E-state index in [1.54, 1.807) is 0 Å². The van der Waals surface area contributed by atoms with Gasteiger partial charge in [-0.3, -0.25) is 9.78 Å². The van der Waals surface area contributed by atoms with E-state index in [0.717, 1.165) is 17.1 Å². The van der Waals surface area contributed by atoms with E-state index in [-0.39, 0.29) is 17.4 Å². The fraction of sp³-hybridized carbons (Fsp3) is 0.455. The monoisotopic (exact) mass is 348 g/mol. The van der Waals surface area contributed by atoms with Gasteiger partial charge < -0.3 is 5.11 Å². The molecule has 104 valence electrons. The molecule has 0 aliphatic heterocycles. The highest BCUT2D eigenvalue weighted by Gasteiger charge is 2.33. The molecule has 0 bridgehead atoms. The molecule has 1 N–H and O–H groups in total. The second-order valence-corrected chi connectivity index (χ2v) is 7.33. The number of hydrogen-bond acceptors (Lipinski definition) is 4. The summed E-state index contributed by atoms with van der Waals surface area (Å²) in [5.74, 6) is -0.888. The van der Waals surface area contributed by atoms with Gasteiger partial charge in [-0.2, -0.15) is 4.31 Å². The van der Waals surface area contributed by atoms with Gasteiger partial charge in [0.2, 0.25) is 10.0 Å². The molecule has 0 spiro atoms. The van der Waals surface area contributed by atoms with E-state index in [1.165, 1.54) is 18.5 Å². The first-order chi connectivity index (χ1) is 8.89. The van der Waals surface area contributed by atoms with Crippen molar-refractivity contribution in [2.45, 2.75) is 17.7 Å². The third-order valence-electron chi connectivity index (χ3n) is 2.79. The molecule has 1 saturated carbocycles. The van der Waals surface area contributed by atoms with Crippen molar-refractivity contribution in [3.8, 4) is 0 Å². The van der Waals surface area contributed by atoms with E-state index >= 15 is 0 Å². The molecule has 1 heterocycles. The topological polar surface area (TPSA) is 87.6 Å². The number of rotatable bonds is 6. The minimum absolute atomic E-state index is 0.00350. The highest BCUT2D eigenvalue weighted by atomic mass is 79.9. The maximum absolute atomic E-state index is 12.4. The fourth-order valence-electron chi connectivity index (χ4n) is 1.67. The van der Waals surface area contributed by atoms with Crippen LogP contribution in [0.2, 0.25) is 0 Å². The first-order valence-corrected chi connectivity index (χ1v) is 7.95. The molecule has 0 aromatic carbocycles. The van der Waals surface area contributed by atoms with Crippen molar-refractivity contribution >= 4 is 31.9 Å². The van der Waals surface area contributed by atoms with Gasteiger partial charge in [-0.15, -0.1) is 0 Å². The lowest BCUT2D eigenvalue weighted by Gasteiger charge is -2.20. The van der Waals surface area contributed by atoms with Crippen LogP contribution in [0.5, 0.6) is 0 Å². The molecule has 1 aliphatic carbocycles. The Morgan fingerprint density at radius 2 is 2.16 bits per heavy atom. The Morgan fingerprint density at radius 3 is 2.68 bits per heavy atom. The molecular weight excluding hydrogens is 336 g/mol. The summed E-state index contributed by atoms with van der Waals surface area (Å²) in [6, 6.07) is 1.42. The van der Waals surface area contributed by atoms with Gasteiger partial charge >= 0.3 is 5.97 Å². The number of hydrogen-bond donors (Lipinski definition) is 1. The molecule has 19 heavy (non-hydrogen) atoms. The van der Waals surface area contributed by atoms with E-state index in [4.69, 9.17) is 5.11 Å². The van der Waals surface area contributed by atoms with Crippen LogP contribution in [0.15, 0.2) is 27.8 Å². The Hall–Kier alpha value is -0.990. The molecular formula is C11H13BrN2O4S. The molecule has 1 aromatic heterocycles. The lowest BCUT2D eigenvalue weighted by atomic mass is 10.4. The van der Waals surface area contributed by atoms with Crippen molar-refractivity contribution < 1.29 is 18.3 Å². The molecule has 1 fully saturated rings. The number of pyridine rings is 1. The molecule has 0 radical (unpaired) electrons. The van der Waals surface area contributed by atoms with Crippen LogP contribution in [0.25, 0.3) is 0 Å². The molecule has 1 aliphatic rings. The average Bonchev–Trinajstić information content (AvgIpc) is 3.11. The zero-order valence-electron chi connectivity index (χ0n) is 9.99. The predicted octanol–water partition coefficient (Wildman–Crippen LogP) is 1.33. The van der Waals surface area contributed by atoms with Crippen LogP contribution in [0.1, 0.15) is 12.8 Å². The summed E-state index contributed by atoms with van der Waals surface area (Å²) in [6.45, 7) is -0.271. The number of aliphatic carboxylic acids is 1. The van der Waals surface area contributed by atoms with E-state index in [0.29, 0.717) is 4.47 Å². The summed E-state index contributed by atoms with van der Waals surface area (Å²) in [5, 5.41) is 8.85. The number of aromatic nitrogens is 1. The number of carbonyl (C=O) groups is 1. The van der Waals surface area contributed by atoms with Gasteiger partial charge in [0.15, 0.2) is 0 Å². The minimum Gasteiger partial charge on any atom is -0.480 e. The molecule has 2 rings (SSSR count). The highest BCUT2D eigenvalue weighted by Crippen LogP contribution is 2.31. The summed E-state index contributed by atoms with van der Waals surface area (Å²) < 4.78 is 26.3. The quantitative estimate of drug-likeness (QED) is 0.837. The minimum atomic E-state index is -3.81. The zero-order valence-corrected chi connectivity index (χ0v) is 12.4. The lowest BCUT2D eigenvalue weighted by molar-refractivity contribution is -0.137. The summed E-state index contributed by atoms with van der Waals surface area (Å²) in [5.41, 5.74) is 0. The normalized spacial score (nSPS) is 15.7. The summed E-state index contributed by atoms with van der Waals surface area (Å²) in [4.78, 5) is 14.6. The lowest BCUT2D eigenvalue weighted by Crippen LogP contribution is -2.37. The first kappa shape index (κ1) is 14.4. The van der Waals surface area contributed by atoms with Gasteiger partial charge in [0.1, 0.15) is 11.4 Å². The highest BCUT2D eigenvalue weighted by molar-refractivity contribution is 9.10. The van der Waals surface area contributed by atoms with Crippen LogP contribution >= 0.6 is 15.9 Å². The third-order valence-corrected chi connectivity index (χ3v) is 5.00. The Balaban J connectivity index is 2.29. The van der Waals surface area contributed by atoms with Crippen LogP contribution in [-0.2, 0) is 14.8 Å². The number of carboxylic acids is 1. The van der Waals surface area contributed by atoms with Crippen LogP contribution < -0.4 is 0 Å². The molecule has 0 unspecified atom stereocenters. The average molecular weight is 349 g/mol. The fourth-order valence-corrected chi connectivity index (χ4v) is 3.64. The molecule has 0 atom stereocenters. The van der Waals surface area contributed by atoms with Crippen molar-refractivity contribution in [2.75, 3.05) is 13.1 Å². The smallest absolute Gasteiger partial charge is 0.318 e. The van der Waals surface area contributed by atoms with E-state index in [9.17, 15) is 13.2 Å². The zero-order chi connectivity index (χ0) is 14.0. The van der Waals surface area contributed by atoms with Gasteiger partial charge in [0.25, 0.3) is 0 Å². The Labute approximate surface area is 119 Å². The molecule has 0 saturated heterocycles. The summed E-state index contributed by atoms with van der Waals surface area (Å²) >= 11 is 3.16. The molecule has 1 aromatic rings. The second-order valence-electron chi connectivity index (χ2n) is 4.47. The van der Waals surface area contributed by atoms with E-state index < -0.39 is 22.5 Å². The second kappa shape index (κ2) is 5.56. The van der Waals surface area contributed by atoms with Crippen molar-refractivity contribution in [1.29, 1.82) is 0 Å². The molecule has 8 heteroatoms. The maximum atomic E-state index is 12.4.